The molecule has 136 valence electrons. The van der Waals surface area contributed by atoms with Crippen molar-refractivity contribution >= 4 is 23.2 Å². The SMILES string of the molecule is COc1cc(NC(=O)c2ccc(F)cc2)ccc1NC(=O)c1cccnc1. The van der Waals surface area contributed by atoms with Gasteiger partial charge in [-0.3, -0.25) is 14.6 Å². The van der Waals surface area contributed by atoms with Gasteiger partial charge in [0, 0.05) is 29.7 Å². The topological polar surface area (TPSA) is 80.3 Å². The zero-order chi connectivity index (χ0) is 19.2. The Labute approximate surface area is 155 Å². The monoisotopic (exact) mass is 365 g/mol. The number of benzene rings is 2. The van der Waals surface area contributed by atoms with Gasteiger partial charge in [-0.1, -0.05) is 0 Å². The molecule has 2 aromatic carbocycles. The Kier molecular flexibility index (Phi) is 5.41. The number of nitrogens with zero attached hydrogens (tertiary/aromatic N) is 1. The van der Waals surface area contributed by atoms with Crippen molar-refractivity contribution in [1.82, 2.24) is 4.98 Å². The molecule has 2 N–H and O–H groups in total. The van der Waals surface area contributed by atoms with Crippen LogP contribution in [0.25, 0.3) is 0 Å². The van der Waals surface area contributed by atoms with E-state index in [2.05, 4.69) is 15.6 Å². The molecule has 1 aromatic heterocycles. The van der Waals surface area contributed by atoms with E-state index in [4.69, 9.17) is 4.74 Å². The van der Waals surface area contributed by atoms with Crippen molar-refractivity contribution in [3.8, 4) is 5.75 Å². The molecule has 1 heterocycles. The minimum Gasteiger partial charge on any atom is -0.494 e. The summed E-state index contributed by atoms with van der Waals surface area (Å²) in [5, 5.41) is 5.44. The average molecular weight is 365 g/mol. The number of carbonyl (C=O) groups excluding carboxylic acids is 2. The van der Waals surface area contributed by atoms with Crippen LogP contribution in [-0.2, 0) is 0 Å². The molecule has 27 heavy (non-hydrogen) atoms. The fourth-order valence-corrected chi connectivity index (χ4v) is 2.37. The molecule has 0 saturated heterocycles. The Bertz CT molecular complexity index is 960. The lowest BCUT2D eigenvalue weighted by Gasteiger charge is -2.13. The van der Waals surface area contributed by atoms with E-state index < -0.39 is 5.82 Å². The van der Waals surface area contributed by atoms with Crippen LogP contribution in [0, 0.1) is 5.82 Å². The zero-order valence-electron chi connectivity index (χ0n) is 14.4. The number of anilines is 2. The number of nitrogens with one attached hydrogen (secondary N) is 2. The zero-order valence-corrected chi connectivity index (χ0v) is 14.4. The quantitative estimate of drug-likeness (QED) is 0.722. The van der Waals surface area contributed by atoms with E-state index in [0.29, 0.717) is 28.3 Å². The molecular weight excluding hydrogens is 349 g/mol. The van der Waals surface area contributed by atoms with Crippen molar-refractivity contribution < 1.29 is 18.7 Å². The standard InChI is InChI=1S/C20H16FN3O3/c1-27-18-11-16(23-19(25)13-4-6-15(21)7-5-13)8-9-17(18)24-20(26)14-3-2-10-22-12-14/h2-12H,1H3,(H,23,25)(H,24,26). The number of hydrogen-bond acceptors (Lipinski definition) is 4. The minimum atomic E-state index is -0.415. The van der Waals surface area contributed by atoms with Crippen molar-refractivity contribution in [2.75, 3.05) is 17.7 Å². The first kappa shape index (κ1) is 18.1. The maximum Gasteiger partial charge on any atom is 0.257 e. The van der Waals surface area contributed by atoms with Gasteiger partial charge >= 0.3 is 0 Å². The summed E-state index contributed by atoms with van der Waals surface area (Å²) in [4.78, 5) is 28.4. The molecule has 0 aliphatic rings. The minimum absolute atomic E-state index is 0.323. The number of halogens is 1. The van der Waals surface area contributed by atoms with E-state index in [0.717, 1.165) is 0 Å². The second-order valence-corrected chi connectivity index (χ2v) is 5.57. The van der Waals surface area contributed by atoms with Gasteiger partial charge < -0.3 is 15.4 Å². The van der Waals surface area contributed by atoms with Gasteiger partial charge in [0.1, 0.15) is 11.6 Å². The van der Waals surface area contributed by atoms with E-state index in [-0.39, 0.29) is 11.8 Å². The highest BCUT2D eigenvalue weighted by molar-refractivity contribution is 6.06. The average Bonchev–Trinajstić information content (AvgIpc) is 2.70. The van der Waals surface area contributed by atoms with Crippen LogP contribution in [0.1, 0.15) is 20.7 Å². The van der Waals surface area contributed by atoms with Crippen LogP contribution in [-0.4, -0.2) is 23.9 Å². The molecule has 7 heteroatoms. The molecule has 0 fully saturated rings. The highest BCUT2D eigenvalue weighted by Crippen LogP contribution is 2.28. The van der Waals surface area contributed by atoms with Gasteiger partial charge in [-0.2, -0.15) is 0 Å². The number of methoxy groups -OCH3 is 1. The van der Waals surface area contributed by atoms with Crippen molar-refractivity contribution in [3.05, 3.63) is 83.9 Å². The van der Waals surface area contributed by atoms with Gasteiger partial charge in [0.05, 0.1) is 18.4 Å². The van der Waals surface area contributed by atoms with Gasteiger partial charge in [-0.15, -0.1) is 0 Å². The van der Waals surface area contributed by atoms with Crippen LogP contribution < -0.4 is 15.4 Å². The van der Waals surface area contributed by atoms with Crippen molar-refractivity contribution in [2.24, 2.45) is 0 Å². The van der Waals surface area contributed by atoms with E-state index in [1.807, 2.05) is 0 Å². The molecule has 3 aromatic rings. The normalized spacial score (nSPS) is 10.1. The molecule has 0 saturated carbocycles. The molecule has 0 unspecified atom stereocenters. The van der Waals surface area contributed by atoms with Gasteiger partial charge in [-0.05, 0) is 48.5 Å². The maximum absolute atomic E-state index is 13.0. The molecule has 0 aliphatic heterocycles. The van der Waals surface area contributed by atoms with Crippen LogP contribution in [0.5, 0.6) is 5.75 Å². The number of ether oxygens (including phenoxy) is 1. The first-order chi connectivity index (χ1) is 13.1. The summed E-state index contributed by atoms with van der Waals surface area (Å²) < 4.78 is 18.3. The molecule has 0 bridgehead atoms. The summed E-state index contributed by atoms with van der Waals surface area (Å²) in [5.74, 6) is -0.750. The van der Waals surface area contributed by atoms with Gasteiger partial charge in [0.2, 0.25) is 0 Å². The highest BCUT2D eigenvalue weighted by atomic mass is 19.1. The predicted octanol–water partition coefficient (Wildman–Crippen LogP) is 3.73. The van der Waals surface area contributed by atoms with Gasteiger partial charge in [-0.25, -0.2) is 4.39 Å². The van der Waals surface area contributed by atoms with Crippen molar-refractivity contribution in [1.29, 1.82) is 0 Å². The van der Waals surface area contributed by atoms with Gasteiger partial charge in [0.25, 0.3) is 11.8 Å². The van der Waals surface area contributed by atoms with Gasteiger partial charge in [0.15, 0.2) is 0 Å². The second-order valence-electron chi connectivity index (χ2n) is 5.57. The first-order valence-corrected chi connectivity index (χ1v) is 8.03. The third kappa shape index (κ3) is 4.46. The Balaban J connectivity index is 1.75. The van der Waals surface area contributed by atoms with E-state index in [9.17, 15) is 14.0 Å². The molecule has 0 spiro atoms. The lowest BCUT2D eigenvalue weighted by molar-refractivity contribution is 0.101. The first-order valence-electron chi connectivity index (χ1n) is 8.03. The number of carbonyl (C=O) groups is 2. The molecule has 3 rings (SSSR count). The van der Waals surface area contributed by atoms with Crippen molar-refractivity contribution in [3.63, 3.8) is 0 Å². The third-order valence-corrected chi connectivity index (χ3v) is 3.74. The number of amides is 2. The number of rotatable bonds is 5. The Morgan fingerprint density at radius 1 is 0.963 bits per heavy atom. The van der Waals surface area contributed by atoms with Crippen molar-refractivity contribution in [2.45, 2.75) is 0 Å². The van der Waals surface area contributed by atoms with Crippen LogP contribution in [0.2, 0.25) is 0 Å². The maximum atomic E-state index is 13.0. The number of pyridine rings is 1. The largest absolute Gasteiger partial charge is 0.494 e. The summed E-state index contributed by atoms with van der Waals surface area (Å²) in [7, 11) is 1.46. The summed E-state index contributed by atoms with van der Waals surface area (Å²) in [6.07, 6.45) is 3.04. The fourth-order valence-electron chi connectivity index (χ4n) is 2.37. The highest BCUT2D eigenvalue weighted by Gasteiger charge is 2.12. The lowest BCUT2D eigenvalue weighted by Crippen LogP contribution is -2.14. The van der Waals surface area contributed by atoms with E-state index in [1.165, 1.54) is 37.6 Å². The van der Waals surface area contributed by atoms with Crippen LogP contribution in [0.4, 0.5) is 15.8 Å². The molecule has 0 aliphatic carbocycles. The molecule has 0 radical (unpaired) electrons. The van der Waals surface area contributed by atoms with E-state index >= 15 is 0 Å². The summed E-state index contributed by atoms with van der Waals surface area (Å²) in [6, 6.07) is 13.4. The molecular formula is C20H16FN3O3. The summed E-state index contributed by atoms with van der Waals surface area (Å²) in [6.45, 7) is 0. The Morgan fingerprint density at radius 2 is 1.70 bits per heavy atom. The van der Waals surface area contributed by atoms with Crippen LogP contribution in [0.3, 0.4) is 0 Å². The third-order valence-electron chi connectivity index (χ3n) is 3.74. The Morgan fingerprint density at radius 3 is 2.37 bits per heavy atom. The smallest absolute Gasteiger partial charge is 0.257 e. The van der Waals surface area contributed by atoms with Crippen LogP contribution >= 0.6 is 0 Å². The second kappa shape index (κ2) is 8.09. The lowest BCUT2D eigenvalue weighted by atomic mass is 10.2. The number of hydrogen-bond donors (Lipinski definition) is 2. The van der Waals surface area contributed by atoms with E-state index in [1.54, 1.807) is 36.5 Å². The fraction of sp³-hybridized carbons (Fsp3) is 0.0500. The summed E-state index contributed by atoms with van der Waals surface area (Å²) in [5.41, 5.74) is 1.66. The predicted molar refractivity (Wildman–Crippen MR) is 99.5 cm³/mol. The molecule has 6 nitrogen and oxygen atoms in total. The van der Waals surface area contributed by atoms with Crippen LogP contribution in [0.15, 0.2) is 67.0 Å². The Hall–Kier alpha value is -3.74. The molecule has 0 atom stereocenters. The molecule has 2 amide bonds. The summed E-state index contributed by atoms with van der Waals surface area (Å²) >= 11 is 0. The number of aromatic nitrogens is 1.